The van der Waals surface area contributed by atoms with Crippen molar-refractivity contribution in [3.63, 3.8) is 0 Å². The van der Waals surface area contributed by atoms with Crippen molar-refractivity contribution < 1.29 is 20.4 Å². The largest absolute Gasteiger partial charge is 0.358 e. The Labute approximate surface area is 116 Å². The van der Waals surface area contributed by atoms with Crippen LogP contribution in [0.15, 0.2) is 24.3 Å². The average Bonchev–Trinajstić information content (AvgIpc) is 2.01. The first kappa shape index (κ1) is 18.3. The molecule has 0 aromatic heterocycles. The zero-order valence-electron chi connectivity index (χ0n) is 11.7. The predicted molar refractivity (Wildman–Crippen MR) is 70.3 cm³/mol. The number of benzene rings is 1. The first-order valence-corrected chi connectivity index (χ1v) is 5.32. The van der Waals surface area contributed by atoms with E-state index in [-0.39, 0.29) is 38.7 Å². The molecule has 93 valence electrons. The van der Waals surface area contributed by atoms with E-state index in [0.717, 1.165) is 0 Å². The molecule has 0 atom stereocenters. The summed E-state index contributed by atoms with van der Waals surface area (Å²) in [5.41, 5.74) is 3.34. The van der Waals surface area contributed by atoms with Crippen LogP contribution in [0.4, 0.5) is 0 Å². The molecular weight excluding hydrogens is 366 g/mol. The van der Waals surface area contributed by atoms with Gasteiger partial charge in [0.1, 0.15) is 0 Å². The molecule has 0 unspecified atom stereocenters. The standard InChI is InChI=1S/C14H22.CH3.Re/c1-13(2,3)11-7-9-12(10-8-11)14(4,5)6;;/h7-10H,1-6H3;1H3;/q;-1;. The fourth-order valence-electron chi connectivity index (χ4n) is 1.47. The normalized spacial score (nSPS) is 11.4. The number of hydrogen-bond donors (Lipinski definition) is 0. The summed E-state index contributed by atoms with van der Waals surface area (Å²) in [5, 5.41) is 0. The molecular formula is C15H25Re-. The smallest absolute Gasteiger partial charge is 0 e. The van der Waals surface area contributed by atoms with Crippen LogP contribution < -0.4 is 0 Å². The second kappa shape index (κ2) is 5.99. The number of rotatable bonds is 0. The summed E-state index contributed by atoms with van der Waals surface area (Å²) < 4.78 is 0. The van der Waals surface area contributed by atoms with Crippen LogP contribution in [-0.4, -0.2) is 0 Å². The Kier molecular flexibility index (Phi) is 6.83. The molecule has 0 spiro atoms. The molecule has 1 rings (SSSR count). The maximum absolute atomic E-state index is 2.25. The van der Waals surface area contributed by atoms with Crippen molar-refractivity contribution in [2.75, 3.05) is 0 Å². The van der Waals surface area contributed by atoms with E-state index in [2.05, 4.69) is 65.8 Å². The van der Waals surface area contributed by atoms with Crippen molar-refractivity contribution in [1.29, 1.82) is 0 Å². The molecule has 1 aromatic rings. The van der Waals surface area contributed by atoms with Gasteiger partial charge in [0.05, 0.1) is 0 Å². The molecule has 1 aromatic carbocycles. The molecule has 16 heavy (non-hydrogen) atoms. The Morgan fingerprint density at radius 3 is 0.938 bits per heavy atom. The van der Waals surface area contributed by atoms with Crippen LogP contribution in [0.5, 0.6) is 0 Å². The van der Waals surface area contributed by atoms with Crippen molar-refractivity contribution in [2.24, 2.45) is 0 Å². The van der Waals surface area contributed by atoms with Gasteiger partial charge in [0.2, 0.25) is 0 Å². The van der Waals surface area contributed by atoms with Gasteiger partial charge in [-0.25, -0.2) is 0 Å². The van der Waals surface area contributed by atoms with E-state index in [4.69, 9.17) is 0 Å². The van der Waals surface area contributed by atoms with E-state index in [0.29, 0.717) is 0 Å². The van der Waals surface area contributed by atoms with Gasteiger partial charge in [0.25, 0.3) is 0 Å². The molecule has 0 N–H and O–H groups in total. The Hall–Kier alpha value is -0.118. The molecule has 0 saturated heterocycles. The Balaban J connectivity index is 0. The van der Waals surface area contributed by atoms with Crippen molar-refractivity contribution in [1.82, 2.24) is 0 Å². The van der Waals surface area contributed by atoms with E-state index in [9.17, 15) is 0 Å². The van der Waals surface area contributed by atoms with Crippen molar-refractivity contribution >= 4 is 0 Å². The van der Waals surface area contributed by atoms with E-state index in [1.165, 1.54) is 11.1 Å². The van der Waals surface area contributed by atoms with Crippen LogP contribution in [0.3, 0.4) is 0 Å². The Bertz CT molecular complexity index is 263. The molecule has 1 heteroatoms. The van der Waals surface area contributed by atoms with Crippen LogP contribution in [0.2, 0.25) is 0 Å². The molecule has 1 radical (unpaired) electrons. The van der Waals surface area contributed by atoms with Crippen molar-refractivity contribution in [2.45, 2.75) is 52.4 Å². The molecule has 0 nitrogen and oxygen atoms in total. The zero-order valence-corrected chi connectivity index (χ0v) is 14.4. The van der Waals surface area contributed by atoms with Gasteiger partial charge < -0.3 is 7.43 Å². The molecule has 0 heterocycles. The quantitative estimate of drug-likeness (QED) is 0.561. The fraction of sp³-hybridized carbons (Fsp3) is 0.533. The average molecular weight is 392 g/mol. The van der Waals surface area contributed by atoms with Gasteiger partial charge in [-0.15, -0.1) is 0 Å². The van der Waals surface area contributed by atoms with Gasteiger partial charge in [0.15, 0.2) is 0 Å². The summed E-state index contributed by atoms with van der Waals surface area (Å²) >= 11 is 0. The van der Waals surface area contributed by atoms with Crippen molar-refractivity contribution in [3.8, 4) is 0 Å². The van der Waals surface area contributed by atoms with E-state index in [1.54, 1.807) is 0 Å². The topological polar surface area (TPSA) is 0 Å². The summed E-state index contributed by atoms with van der Waals surface area (Å²) in [4.78, 5) is 0. The maximum atomic E-state index is 2.25. The molecule has 0 aliphatic carbocycles. The molecule has 0 bridgehead atoms. The summed E-state index contributed by atoms with van der Waals surface area (Å²) in [6.45, 7) is 13.5. The predicted octanol–water partition coefficient (Wildman–Crippen LogP) is 4.73. The van der Waals surface area contributed by atoms with Crippen LogP contribution in [-0.2, 0) is 31.3 Å². The van der Waals surface area contributed by atoms with E-state index < -0.39 is 0 Å². The molecule has 0 aliphatic rings. The summed E-state index contributed by atoms with van der Waals surface area (Å²) in [6.07, 6.45) is 0. The third kappa shape index (κ3) is 4.81. The minimum absolute atomic E-state index is 0. The monoisotopic (exact) mass is 392 g/mol. The van der Waals surface area contributed by atoms with E-state index in [1.807, 2.05) is 0 Å². The zero-order chi connectivity index (χ0) is 11.0. The third-order valence-corrected chi connectivity index (χ3v) is 2.62. The minimum atomic E-state index is 0. The Morgan fingerprint density at radius 2 is 0.812 bits per heavy atom. The van der Waals surface area contributed by atoms with Gasteiger partial charge >= 0.3 is 0 Å². The van der Waals surface area contributed by atoms with Crippen molar-refractivity contribution in [3.05, 3.63) is 42.8 Å². The third-order valence-electron chi connectivity index (χ3n) is 2.62. The fourth-order valence-corrected chi connectivity index (χ4v) is 1.47. The first-order valence-electron chi connectivity index (χ1n) is 5.32. The van der Waals surface area contributed by atoms with E-state index >= 15 is 0 Å². The molecule has 0 fully saturated rings. The second-order valence-electron chi connectivity index (χ2n) is 6.08. The van der Waals surface area contributed by atoms with Crippen LogP contribution in [0, 0.1) is 7.43 Å². The van der Waals surface area contributed by atoms with Crippen LogP contribution >= 0.6 is 0 Å². The molecule has 0 aliphatic heterocycles. The molecule has 0 amide bonds. The summed E-state index contributed by atoms with van der Waals surface area (Å²) in [6, 6.07) is 9.00. The SMILES string of the molecule is CC(C)(C)c1ccc(C(C)(C)C)cc1.[CH3-].[Re]. The van der Waals surface area contributed by atoms with Gasteiger partial charge in [-0.3, -0.25) is 0 Å². The summed E-state index contributed by atoms with van der Waals surface area (Å²) in [7, 11) is 0. The minimum Gasteiger partial charge on any atom is -0.358 e. The maximum Gasteiger partial charge on any atom is 0 e. The van der Waals surface area contributed by atoms with Gasteiger partial charge in [-0.05, 0) is 22.0 Å². The van der Waals surface area contributed by atoms with Gasteiger partial charge in [-0.1, -0.05) is 65.8 Å². The van der Waals surface area contributed by atoms with Gasteiger partial charge in [-0.2, -0.15) is 0 Å². The second-order valence-corrected chi connectivity index (χ2v) is 6.08. The van der Waals surface area contributed by atoms with Crippen LogP contribution in [0.25, 0.3) is 0 Å². The molecule has 0 saturated carbocycles. The first-order chi connectivity index (χ1) is 6.21. The number of hydrogen-bond acceptors (Lipinski definition) is 0. The summed E-state index contributed by atoms with van der Waals surface area (Å²) in [5.74, 6) is 0. The van der Waals surface area contributed by atoms with Crippen LogP contribution in [0.1, 0.15) is 52.7 Å². The van der Waals surface area contributed by atoms with Gasteiger partial charge in [0, 0.05) is 20.4 Å². The Morgan fingerprint density at radius 1 is 0.625 bits per heavy atom.